The van der Waals surface area contributed by atoms with Gasteiger partial charge in [0.2, 0.25) is 5.91 Å². The molecule has 1 aliphatic heterocycles. The SMILES string of the molecule is Cc1ccc(C(=O)N2CCN(C(=O)C3(N)CCCC3)CC2)cc1.Cl. The van der Waals surface area contributed by atoms with Crippen molar-refractivity contribution in [1.82, 2.24) is 9.80 Å². The lowest BCUT2D eigenvalue weighted by Crippen LogP contribution is -2.59. The van der Waals surface area contributed by atoms with E-state index in [0.717, 1.165) is 31.2 Å². The summed E-state index contributed by atoms with van der Waals surface area (Å²) in [4.78, 5) is 28.8. The number of nitrogens with two attached hydrogens (primary N) is 1. The first-order valence-electron chi connectivity index (χ1n) is 8.44. The number of hydrogen-bond donors (Lipinski definition) is 1. The number of carbonyl (C=O) groups is 2. The highest BCUT2D eigenvalue weighted by Crippen LogP contribution is 2.29. The van der Waals surface area contributed by atoms with Gasteiger partial charge in [-0.3, -0.25) is 9.59 Å². The summed E-state index contributed by atoms with van der Waals surface area (Å²) >= 11 is 0. The predicted molar refractivity (Wildman–Crippen MR) is 96.3 cm³/mol. The molecule has 1 heterocycles. The fraction of sp³-hybridized carbons (Fsp3) is 0.556. The summed E-state index contributed by atoms with van der Waals surface area (Å²) in [5.41, 5.74) is 7.45. The van der Waals surface area contributed by atoms with Crippen molar-refractivity contribution < 1.29 is 9.59 Å². The quantitative estimate of drug-likeness (QED) is 0.885. The van der Waals surface area contributed by atoms with Crippen LogP contribution in [0.25, 0.3) is 0 Å². The molecule has 0 aromatic heterocycles. The number of halogens is 1. The van der Waals surface area contributed by atoms with Crippen LogP contribution < -0.4 is 5.73 Å². The zero-order chi connectivity index (χ0) is 16.4. The molecule has 1 saturated heterocycles. The van der Waals surface area contributed by atoms with E-state index in [0.29, 0.717) is 31.7 Å². The first-order valence-corrected chi connectivity index (χ1v) is 8.44. The van der Waals surface area contributed by atoms with Crippen molar-refractivity contribution >= 4 is 24.2 Å². The fourth-order valence-corrected chi connectivity index (χ4v) is 3.53. The molecule has 2 amide bonds. The normalized spacial score (nSPS) is 19.8. The van der Waals surface area contributed by atoms with Gasteiger partial charge in [-0.1, -0.05) is 30.5 Å². The third-order valence-corrected chi connectivity index (χ3v) is 5.07. The largest absolute Gasteiger partial charge is 0.338 e. The highest BCUT2D eigenvalue weighted by molar-refractivity contribution is 5.94. The maximum atomic E-state index is 12.6. The van der Waals surface area contributed by atoms with Gasteiger partial charge in [0.05, 0.1) is 5.54 Å². The van der Waals surface area contributed by atoms with Crippen molar-refractivity contribution in [2.75, 3.05) is 26.2 Å². The molecule has 0 radical (unpaired) electrons. The molecule has 1 aromatic carbocycles. The van der Waals surface area contributed by atoms with E-state index >= 15 is 0 Å². The molecular formula is C18H26ClN3O2. The molecule has 0 atom stereocenters. The van der Waals surface area contributed by atoms with Gasteiger partial charge in [0.1, 0.15) is 0 Å². The maximum Gasteiger partial charge on any atom is 0.253 e. The molecule has 2 fully saturated rings. The number of amides is 2. The lowest BCUT2D eigenvalue weighted by molar-refractivity contribution is -0.138. The van der Waals surface area contributed by atoms with Gasteiger partial charge in [0, 0.05) is 31.7 Å². The van der Waals surface area contributed by atoms with Crippen LogP contribution in [0.3, 0.4) is 0 Å². The number of rotatable bonds is 2. The first kappa shape index (κ1) is 18.7. The number of benzene rings is 1. The Hall–Kier alpha value is -1.59. The third kappa shape index (κ3) is 3.73. The zero-order valence-corrected chi connectivity index (χ0v) is 15.0. The first-order chi connectivity index (χ1) is 11.0. The Morgan fingerprint density at radius 1 is 0.958 bits per heavy atom. The summed E-state index contributed by atoms with van der Waals surface area (Å²) in [6.07, 6.45) is 3.64. The van der Waals surface area contributed by atoms with Crippen molar-refractivity contribution in [2.24, 2.45) is 5.73 Å². The Morgan fingerprint density at radius 3 is 2.00 bits per heavy atom. The van der Waals surface area contributed by atoms with Crippen molar-refractivity contribution in [3.8, 4) is 0 Å². The monoisotopic (exact) mass is 351 g/mol. The predicted octanol–water partition coefficient (Wildman–Crippen LogP) is 1.97. The van der Waals surface area contributed by atoms with E-state index < -0.39 is 5.54 Å². The Labute approximate surface area is 149 Å². The lowest BCUT2D eigenvalue weighted by Gasteiger charge is -2.38. The van der Waals surface area contributed by atoms with Gasteiger partial charge in [0.15, 0.2) is 0 Å². The van der Waals surface area contributed by atoms with E-state index in [1.807, 2.05) is 41.0 Å². The number of nitrogens with zero attached hydrogens (tertiary/aromatic N) is 2. The van der Waals surface area contributed by atoms with E-state index in [2.05, 4.69) is 0 Å². The molecule has 2 N–H and O–H groups in total. The van der Waals surface area contributed by atoms with Crippen molar-refractivity contribution in [1.29, 1.82) is 0 Å². The van der Waals surface area contributed by atoms with Crippen LogP contribution in [0.5, 0.6) is 0 Å². The second-order valence-electron chi connectivity index (χ2n) is 6.81. The molecule has 3 rings (SSSR count). The number of hydrogen-bond acceptors (Lipinski definition) is 3. The third-order valence-electron chi connectivity index (χ3n) is 5.07. The smallest absolute Gasteiger partial charge is 0.253 e. The maximum absolute atomic E-state index is 12.6. The van der Waals surface area contributed by atoms with E-state index in [-0.39, 0.29) is 24.2 Å². The van der Waals surface area contributed by atoms with E-state index in [4.69, 9.17) is 5.73 Å². The standard InChI is InChI=1S/C18H25N3O2.ClH/c1-14-4-6-15(7-5-14)16(22)20-10-12-21(13-11-20)17(23)18(19)8-2-3-9-18;/h4-7H,2-3,8-13,19H2,1H3;1H. The number of piperazine rings is 1. The van der Waals surface area contributed by atoms with Gasteiger partial charge in [-0.05, 0) is 31.9 Å². The summed E-state index contributed by atoms with van der Waals surface area (Å²) in [6.45, 7) is 4.32. The number of carbonyl (C=O) groups excluding carboxylic acids is 2. The van der Waals surface area contributed by atoms with Gasteiger partial charge in [-0.15, -0.1) is 12.4 Å². The highest BCUT2D eigenvalue weighted by atomic mass is 35.5. The molecule has 0 spiro atoms. The molecular weight excluding hydrogens is 326 g/mol. The van der Waals surface area contributed by atoms with E-state index in [1.165, 1.54) is 0 Å². The highest BCUT2D eigenvalue weighted by Gasteiger charge is 2.40. The van der Waals surface area contributed by atoms with Crippen LogP contribution in [0.15, 0.2) is 24.3 Å². The van der Waals surface area contributed by atoms with Crippen molar-refractivity contribution in [3.63, 3.8) is 0 Å². The minimum Gasteiger partial charge on any atom is -0.338 e. The second-order valence-corrected chi connectivity index (χ2v) is 6.81. The summed E-state index contributed by atoms with van der Waals surface area (Å²) in [5, 5.41) is 0. The van der Waals surface area contributed by atoms with E-state index in [1.54, 1.807) is 0 Å². The topological polar surface area (TPSA) is 66.6 Å². The Balaban J connectivity index is 0.00000208. The van der Waals surface area contributed by atoms with Gasteiger partial charge in [-0.2, -0.15) is 0 Å². The van der Waals surface area contributed by atoms with Crippen LogP contribution in [-0.2, 0) is 4.79 Å². The summed E-state index contributed by atoms with van der Waals surface area (Å²) in [5.74, 6) is 0.109. The molecule has 6 heteroatoms. The van der Waals surface area contributed by atoms with Crippen LogP contribution in [0.4, 0.5) is 0 Å². The van der Waals surface area contributed by atoms with Crippen LogP contribution >= 0.6 is 12.4 Å². The molecule has 2 aliphatic rings. The van der Waals surface area contributed by atoms with Crippen molar-refractivity contribution in [3.05, 3.63) is 35.4 Å². The summed E-state index contributed by atoms with van der Waals surface area (Å²) in [6, 6.07) is 7.63. The molecule has 24 heavy (non-hydrogen) atoms. The average Bonchev–Trinajstić information content (AvgIpc) is 3.02. The number of aryl methyl sites for hydroxylation is 1. The summed E-state index contributed by atoms with van der Waals surface area (Å²) < 4.78 is 0. The Kier molecular flexibility index (Phi) is 5.88. The molecule has 5 nitrogen and oxygen atoms in total. The molecule has 1 aliphatic carbocycles. The molecule has 1 saturated carbocycles. The van der Waals surface area contributed by atoms with Gasteiger partial charge >= 0.3 is 0 Å². The molecule has 1 aromatic rings. The van der Waals surface area contributed by atoms with Crippen LogP contribution in [0, 0.1) is 6.92 Å². The summed E-state index contributed by atoms with van der Waals surface area (Å²) in [7, 11) is 0. The molecule has 0 bridgehead atoms. The van der Waals surface area contributed by atoms with Crippen LogP contribution in [0.1, 0.15) is 41.6 Å². The second kappa shape index (κ2) is 7.53. The van der Waals surface area contributed by atoms with Gasteiger partial charge < -0.3 is 15.5 Å². The molecule has 132 valence electrons. The molecule has 0 unspecified atom stereocenters. The lowest BCUT2D eigenvalue weighted by atomic mass is 9.97. The zero-order valence-electron chi connectivity index (χ0n) is 14.2. The minimum atomic E-state index is -0.664. The Bertz CT molecular complexity index is 589. The van der Waals surface area contributed by atoms with Crippen LogP contribution in [0.2, 0.25) is 0 Å². The minimum absolute atomic E-state index is 0. The van der Waals surface area contributed by atoms with Gasteiger partial charge in [-0.25, -0.2) is 0 Å². The average molecular weight is 352 g/mol. The fourth-order valence-electron chi connectivity index (χ4n) is 3.53. The van der Waals surface area contributed by atoms with Crippen LogP contribution in [-0.4, -0.2) is 53.3 Å². The van der Waals surface area contributed by atoms with Crippen molar-refractivity contribution in [2.45, 2.75) is 38.1 Å². The van der Waals surface area contributed by atoms with Gasteiger partial charge in [0.25, 0.3) is 5.91 Å². The van der Waals surface area contributed by atoms with E-state index in [9.17, 15) is 9.59 Å². The Morgan fingerprint density at radius 2 is 1.46 bits per heavy atom.